The van der Waals surface area contributed by atoms with Gasteiger partial charge in [0.2, 0.25) is 5.88 Å². The molecule has 0 radical (unpaired) electrons. The predicted molar refractivity (Wildman–Crippen MR) is 67.3 cm³/mol. The van der Waals surface area contributed by atoms with E-state index >= 15 is 0 Å². The van der Waals surface area contributed by atoms with Crippen LogP contribution in [0.2, 0.25) is 0 Å². The van der Waals surface area contributed by atoms with Crippen LogP contribution in [-0.2, 0) is 0 Å². The molecular formula is C11H7BrF3N3O2. The average Bonchev–Trinajstić information content (AvgIpc) is 2.34. The van der Waals surface area contributed by atoms with Crippen LogP contribution in [-0.4, -0.2) is 16.3 Å². The number of aromatic nitrogens is 2. The number of nitrogens with zero attached hydrogens (tertiary/aromatic N) is 2. The van der Waals surface area contributed by atoms with E-state index in [0.717, 1.165) is 6.07 Å². The van der Waals surface area contributed by atoms with Crippen molar-refractivity contribution in [2.75, 3.05) is 5.73 Å². The van der Waals surface area contributed by atoms with E-state index in [9.17, 15) is 13.2 Å². The van der Waals surface area contributed by atoms with Crippen LogP contribution < -0.4 is 15.2 Å². The largest absolute Gasteiger partial charge is 0.573 e. The highest BCUT2D eigenvalue weighted by molar-refractivity contribution is 9.10. The molecule has 1 heterocycles. The Kier molecular flexibility index (Phi) is 3.98. The fourth-order valence-electron chi connectivity index (χ4n) is 1.28. The van der Waals surface area contributed by atoms with Crippen molar-refractivity contribution in [3.63, 3.8) is 0 Å². The minimum Gasteiger partial charge on any atom is -0.437 e. The van der Waals surface area contributed by atoms with E-state index in [0.29, 0.717) is 0 Å². The summed E-state index contributed by atoms with van der Waals surface area (Å²) in [5, 5.41) is 0. The maximum Gasteiger partial charge on any atom is 0.573 e. The van der Waals surface area contributed by atoms with Crippen molar-refractivity contribution in [3.8, 4) is 17.4 Å². The van der Waals surface area contributed by atoms with E-state index in [-0.39, 0.29) is 27.5 Å². The van der Waals surface area contributed by atoms with Crippen LogP contribution in [0.15, 0.2) is 35.2 Å². The maximum absolute atomic E-state index is 12.1. The molecule has 1 aromatic carbocycles. The minimum absolute atomic E-state index is 0.0833. The van der Waals surface area contributed by atoms with E-state index < -0.39 is 6.36 Å². The van der Waals surface area contributed by atoms with Crippen LogP contribution in [0.3, 0.4) is 0 Å². The number of anilines is 1. The van der Waals surface area contributed by atoms with Crippen LogP contribution in [0.4, 0.5) is 18.9 Å². The number of hydrogen-bond acceptors (Lipinski definition) is 5. The van der Waals surface area contributed by atoms with E-state index in [4.69, 9.17) is 10.5 Å². The Hall–Kier alpha value is -2.03. The third-order valence-corrected chi connectivity index (χ3v) is 2.67. The molecule has 0 atom stereocenters. The van der Waals surface area contributed by atoms with Gasteiger partial charge in [-0.15, -0.1) is 13.2 Å². The summed E-state index contributed by atoms with van der Waals surface area (Å²) in [5.74, 6) is -0.0197. The van der Waals surface area contributed by atoms with Crippen molar-refractivity contribution in [1.82, 2.24) is 9.97 Å². The lowest BCUT2D eigenvalue weighted by atomic mass is 10.3. The quantitative estimate of drug-likeness (QED) is 0.917. The summed E-state index contributed by atoms with van der Waals surface area (Å²) in [6, 6.07) is 3.72. The highest BCUT2D eigenvalue weighted by Gasteiger charge is 2.32. The molecule has 0 fully saturated rings. The molecule has 5 nitrogen and oxygen atoms in total. The summed E-state index contributed by atoms with van der Waals surface area (Å²) in [4.78, 5) is 7.49. The Labute approximate surface area is 119 Å². The molecule has 2 aromatic rings. The Morgan fingerprint density at radius 1 is 1.25 bits per heavy atom. The number of alkyl halides is 3. The zero-order valence-corrected chi connectivity index (χ0v) is 11.3. The molecule has 0 aliphatic rings. The number of nitrogens with two attached hydrogens (primary N) is 1. The summed E-state index contributed by atoms with van der Waals surface area (Å²) in [6.07, 6.45) is -2.18. The number of nitrogen functional groups attached to an aromatic ring is 1. The van der Waals surface area contributed by atoms with E-state index in [2.05, 4.69) is 30.6 Å². The third-order valence-electron chi connectivity index (χ3n) is 2.05. The van der Waals surface area contributed by atoms with Gasteiger partial charge in [0.1, 0.15) is 23.5 Å². The van der Waals surface area contributed by atoms with Gasteiger partial charge in [0, 0.05) is 0 Å². The second-order valence-electron chi connectivity index (χ2n) is 3.53. The van der Waals surface area contributed by atoms with Crippen LogP contribution in [0, 0.1) is 0 Å². The topological polar surface area (TPSA) is 70.3 Å². The van der Waals surface area contributed by atoms with Crippen LogP contribution in [0.1, 0.15) is 0 Å². The van der Waals surface area contributed by atoms with Crippen molar-refractivity contribution < 1.29 is 22.6 Å². The number of rotatable bonds is 3. The van der Waals surface area contributed by atoms with Gasteiger partial charge in [-0.25, -0.2) is 4.98 Å². The standard InChI is InChI=1S/C11H7BrF3N3O2/c12-7-3-6(1-2-9(7)20-11(13,14)15)19-10-8(16)4-17-5-18-10/h1-5H,16H2. The van der Waals surface area contributed by atoms with Crippen molar-refractivity contribution in [2.45, 2.75) is 6.36 Å². The summed E-state index contributed by atoms with van der Waals surface area (Å²) < 4.78 is 45.6. The lowest BCUT2D eigenvalue weighted by molar-refractivity contribution is -0.274. The maximum atomic E-state index is 12.1. The first-order chi connectivity index (χ1) is 9.35. The first kappa shape index (κ1) is 14.4. The Balaban J connectivity index is 2.19. The van der Waals surface area contributed by atoms with Crippen molar-refractivity contribution in [1.29, 1.82) is 0 Å². The summed E-state index contributed by atoms with van der Waals surface area (Å²) in [5.41, 5.74) is 5.79. The van der Waals surface area contributed by atoms with Crippen molar-refractivity contribution >= 4 is 21.6 Å². The molecule has 0 saturated carbocycles. The molecule has 0 bridgehead atoms. The Bertz CT molecular complexity index is 622. The SMILES string of the molecule is Nc1cncnc1Oc1ccc(OC(F)(F)F)c(Br)c1. The van der Waals surface area contributed by atoms with Gasteiger partial charge in [0.25, 0.3) is 0 Å². The molecule has 9 heteroatoms. The van der Waals surface area contributed by atoms with Gasteiger partial charge >= 0.3 is 6.36 Å². The van der Waals surface area contributed by atoms with E-state index in [1.165, 1.54) is 24.7 Å². The van der Waals surface area contributed by atoms with Gasteiger partial charge in [0.05, 0.1) is 10.7 Å². The fourth-order valence-corrected chi connectivity index (χ4v) is 1.72. The van der Waals surface area contributed by atoms with Gasteiger partial charge in [-0.1, -0.05) is 0 Å². The second-order valence-corrected chi connectivity index (χ2v) is 4.38. The molecule has 0 saturated heterocycles. The van der Waals surface area contributed by atoms with Crippen molar-refractivity contribution in [3.05, 3.63) is 35.2 Å². The van der Waals surface area contributed by atoms with Gasteiger partial charge in [-0.3, -0.25) is 0 Å². The minimum atomic E-state index is -4.76. The normalized spacial score (nSPS) is 11.2. The van der Waals surface area contributed by atoms with Gasteiger partial charge in [-0.2, -0.15) is 4.98 Å². The van der Waals surface area contributed by atoms with Gasteiger partial charge < -0.3 is 15.2 Å². The molecule has 0 unspecified atom stereocenters. The molecule has 0 amide bonds. The van der Waals surface area contributed by atoms with Gasteiger partial charge in [-0.05, 0) is 34.1 Å². The zero-order chi connectivity index (χ0) is 14.8. The first-order valence-corrected chi connectivity index (χ1v) is 5.93. The molecule has 1 aromatic heterocycles. The Morgan fingerprint density at radius 3 is 2.60 bits per heavy atom. The molecular weight excluding hydrogens is 343 g/mol. The molecule has 2 N–H and O–H groups in total. The first-order valence-electron chi connectivity index (χ1n) is 5.14. The zero-order valence-electron chi connectivity index (χ0n) is 9.69. The molecule has 106 valence electrons. The number of benzene rings is 1. The highest BCUT2D eigenvalue weighted by Crippen LogP contribution is 2.34. The van der Waals surface area contributed by atoms with E-state index in [1.807, 2.05) is 0 Å². The van der Waals surface area contributed by atoms with E-state index in [1.54, 1.807) is 0 Å². The molecule has 0 aliphatic heterocycles. The summed E-state index contributed by atoms with van der Waals surface area (Å²) in [7, 11) is 0. The predicted octanol–water partition coefficient (Wildman–Crippen LogP) is 3.51. The number of halogens is 4. The molecule has 0 spiro atoms. The molecule has 0 aliphatic carbocycles. The number of hydrogen-bond donors (Lipinski definition) is 1. The van der Waals surface area contributed by atoms with Gasteiger partial charge in [0.15, 0.2) is 0 Å². The third kappa shape index (κ3) is 3.73. The second kappa shape index (κ2) is 5.53. The summed E-state index contributed by atoms with van der Waals surface area (Å²) >= 11 is 2.96. The monoisotopic (exact) mass is 349 g/mol. The van der Waals surface area contributed by atoms with Crippen LogP contribution in [0.5, 0.6) is 17.4 Å². The molecule has 20 heavy (non-hydrogen) atoms. The lowest BCUT2D eigenvalue weighted by Gasteiger charge is -2.12. The summed E-state index contributed by atoms with van der Waals surface area (Å²) in [6.45, 7) is 0. The smallest absolute Gasteiger partial charge is 0.437 e. The van der Waals surface area contributed by atoms with Crippen LogP contribution in [0.25, 0.3) is 0 Å². The highest BCUT2D eigenvalue weighted by atomic mass is 79.9. The van der Waals surface area contributed by atoms with Crippen molar-refractivity contribution in [2.24, 2.45) is 0 Å². The number of ether oxygens (including phenoxy) is 2. The molecule has 2 rings (SSSR count). The average molecular weight is 350 g/mol. The van der Waals surface area contributed by atoms with Crippen LogP contribution >= 0.6 is 15.9 Å². The Morgan fingerprint density at radius 2 is 2.00 bits per heavy atom. The fraction of sp³-hybridized carbons (Fsp3) is 0.0909. The lowest BCUT2D eigenvalue weighted by Crippen LogP contribution is -2.17.